The number of allylic oxidation sites excluding steroid dienone is 1. The van der Waals surface area contributed by atoms with Crippen LogP contribution in [0.25, 0.3) is 0 Å². The van der Waals surface area contributed by atoms with E-state index in [-0.39, 0.29) is 6.61 Å². The molecule has 0 radical (unpaired) electrons. The molecule has 0 aromatic heterocycles. The maximum atomic E-state index is 9.41. The van der Waals surface area contributed by atoms with E-state index in [1.165, 1.54) is 56.9 Å². The molecule has 0 aromatic rings. The number of hydrogen-bond acceptors (Lipinski definition) is 5. The minimum atomic E-state index is -4.15. The van der Waals surface area contributed by atoms with Crippen LogP contribution in [0.15, 0.2) is 11.6 Å². The van der Waals surface area contributed by atoms with Crippen LogP contribution in [0.3, 0.4) is 0 Å². The summed E-state index contributed by atoms with van der Waals surface area (Å²) in [5.74, 6) is 1.53. The molecule has 26 heavy (non-hydrogen) atoms. The third kappa shape index (κ3) is 10.7. The van der Waals surface area contributed by atoms with Gasteiger partial charge >= 0.3 is 148 Å². The summed E-state index contributed by atoms with van der Waals surface area (Å²) in [6.45, 7) is 9.39. The summed E-state index contributed by atoms with van der Waals surface area (Å²) in [5, 5.41) is 0. The molecule has 156 valence electrons. The molecule has 0 amide bonds. The van der Waals surface area contributed by atoms with Crippen LogP contribution in [0.1, 0.15) is 85.5 Å². The average molecular weight is 410 g/mol. The van der Waals surface area contributed by atoms with Gasteiger partial charge < -0.3 is 0 Å². The van der Waals surface area contributed by atoms with Crippen molar-refractivity contribution < 1.29 is 23.5 Å². The van der Waals surface area contributed by atoms with Crippen molar-refractivity contribution in [1.82, 2.24) is 0 Å². The fourth-order valence-electron chi connectivity index (χ4n) is 3.88. The second kappa shape index (κ2) is 12.1. The molecule has 0 aliphatic heterocycles. The topological polar surface area (TPSA) is 79.2 Å². The van der Waals surface area contributed by atoms with Crippen molar-refractivity contribution in [2.24, 2.45) is 17.3 Å². The molecular weight excluding hydrogens is 370 g/mol. The van der Waals surface area contributed by atoms with Gasteiger partial charge in [0, 0.05) is 0 Å². The standard InChI is InChI=1S/C19H40O5P2/c1-16(12-15-23-26(21,22)24-25-20)10-11-18-9-5-6-13-19(3,4)14-7-8-17(18)2/h12,17-18,20-22,25-26H,5-11,13-15H2,1-4H3/b16-12+. The summed E-state index contributed by atoms with van der Waals surface area (Å²) >= 11 is 0. The van der Waals surface area contributed by atoms with Crippen molar-refractivity contribution in [3.8, 4) is 0 Å². The third-order valence-electron chi connectivity index (χ3n) is 5.79. The van der Waals surface area contributed by atoms with Crippen LogP contribution in [0.2, 0.25) is 0 Å². The van der Waals surface area contributed by atoms with E-state index in [1.807, 2.05) is 6.08 Å². The molecule has 0 saturated heterocycles. The van der Waals surface area contributed by atoms with Gasteiger partial charge in [0.1, 0.15) is 0 Å². The Morgan fingerprint density at radius 1 is 1.19 bits per heavy atom. The van der Waals surface area contributed by atoms with Gasteiger partial charge in [0.25, 0.3) is 0 Å². The Morgan fingerprint density at radius 2 is 1.88 bits per heavy atom. The Balaban J connectivity index is 2.42. The fraction of sp³-hybridized carbons (Fsp3) is 0.895. The molecule has 3 N–H and O–H groups in total. The molecule has 1 fully saturated rings. The molecule has 3 unspecified atom stereocenters. The van der Waals surface area contributed by atoms with Gasteiger partial charge in [-0.25, -0.2) is 0 Å². The second-order valence-corrected chi connectivity index (χ2v) is 11.1. The fourth-order valence-corrected chi connectivity index (χ4v) is 4.90. The monoisotopic (exact) mass is 410 g/mol. The Morgan fingerprint density at radius 3 is 2.58 bits per heavy atom. The quantitative estimate of drug-likeness (QED) is 0.355. The van der Waals surface area contributed by atoms with Crippen LogP contribution in [0, 0.1) is 17.3 Å². The minimum absolute atomic E-state index is 0.102. The van der Waals surface area contributed by atoms with Gasteiger partial charge in [0.2, 0.25) is 0 Å². The van der Waals surface area contributed by atoms with Crippen LogP contribution in [-0.2, 0) is 8.83 Å². The first-order chi connectivity index (χ1) is 12.2. The third-order valence-corrected chi connectivity index (χ3v) is 7.76. The van der Waals surface area contributed by atoms with Crippen molar-refractivity contribution in [2.75, 3.05) is 6.61 Å². The van der Waals surface area contributed by atoms with Crippen LogP contribution in [-0.4, -0.2) is 21.3 Å². The van der Waals surface area contributed by atoms with Gasteiger partial charge in [-0.1, -0.05) is 13.8 Å². The van der Waals surface area contributed by atoms with E-state index in [9.17, 15) is 9.79 Å². The summed E-state index contributed by atoms with van der Waals surface area (Å²) in [5.41, 5.74) is 1.70. The van der Waals surface area contributed by atoms with E-state index in [0.717, 1.165) is 18.3 Å². The first kappa shape index (κ1) is 24.4. The Kier molecular flexibility index (Phi) is 11.3. The van der Waals surface area contributed by atoms with Crippen molar-refractivity contribution in [1.29, 1.82) is 0 Å². The molecule has 0 spiro atoms. The van der Waals surface area contributed by atoms with Crippen molar-refractivity contribution in [3.63, 3.8) is 0 Å². The summed E-state index contributed by atoms with van der Waals surface area (Å²) < 4.78 is 9.36. The first-order valence-electron chi connectivity index (χ1n) is 9.96. The zero-order chi connectivity index (χ0) is 19.6. The maximum absolute atomic E-state index is 9.41. The first-order valence-corrected chi connectivity index (χ1v) is 12.5. The predicted molar refractivity (Wildman–Crippen MR) is 112 cm³/mol. The zero-order valence-electron chi connectivity index (χ0n) is 17.0. The summed E-state index contributed by atoms with van der Waals surface area (Å²) in [4.78, 5) is 27.4. The van der Waals surface area contributed by atoms with Crippen LogP contribution < -0.4 is 0 Å². The Bertz CT molecular complexity index is 426. The number of rotatable bonds is 8. The SMILES string of the molecule is C/C(=C\CO[PH](O)(O)OPO)CCC1CCCCC(C)(C)CCCC1C. The molecular formula is C19H40O5P2. The predicted octanol–water partition coefficient (Wildman–Crippen LogP) is 5.66. The van der Waals surface area contributed by atoms with E-state index >= 15 is 0 Å². The van der Waals surface area contributed by atoms with Crippen molar-refractivity contribution >= 4 is 17.2 Å². The second-order valence-electron chi connectivity index (χ2n) is 8.68. The molecule has 1 aliphatic rings. The van der Waals surface area contributed by atoms with E-state index in [0.29, 0.717) is 5.41 Å². The van der Waals surface area contributed by atoms with Crippen molar-refractivity contribution in [3.05, 3.63) is 11.6 Å². The normalized spacial score (nSPS) is 27.0. The molecule has 1 aliphatic carbocycles. The van der Waals surface area contributed by atoms with E-state index < -0.39 is 17.2 Å². The van der Waals surface area contributed by atoms with Gasteiger partial charge in [-0.15, -0.1) is 0 Å². The molecule has 0 bridgehead atoms. The van der Waals surface area contributed by atoms with E-state index in [2.05, 4.69) is 32.0 Å². The van der Waals surface area contributed by atoms with Gasteiger partial charge in [0.05, 0.1) is 0 Å². The number of hydrogen-bond donors (Lipinski definition) is 3. The molecule has 1 rings (SSSR count). The van der Waals surface area contributed by atoms with Crippen LogP contribution >= 0.6 is 17.2 Å². The van der Waals surface area contributed by atoms with Gasteiger partial charge in [-0.2, -0.15) is 0 Å². The molecule has 0 heterocycles. The van der Waals surface area contributed by atoms with Crippen molar-refractivity contribution in [2.45, 2.75) is 85.5 Å². The van der Waals surface area contributed by atoms with Crippen LogP contribution in [0.5, 0.6) is 0 Å². The van der Waals surface area contributed by atoms with Crippen LogP contribution in [0.4, 0.5) is 0 Å². The Labute approximate surface area is 162 Å². The summed E-state index contributed by atoms with van der Waals surface area (Å²) in [6, 6.07) is 0. The molecule has 3 atom stereocenters. The summed E-state index contributed by atoms with van der Waals surface area (Å²) in [6.07, 6.45) is 13.4. The molecule has 7 heteroatoms. The molecule has 1 saturated carbocycles. The average Bonchev–Trinajstić information content (AvgIpc) is 2.53. The molecule has 0 aromatic carbocycles. The van der Waals surface area contributed by atoms with Gasteiger partial charge in [-0.3, -0.25) is 0 Å². The summed E-state index contributed by atoms with van der Waals surface area (Å²) in [7, 11) is -5.13. The molecule has 5 nitrogen and oxygen atoms in total. The van der Waals surface area contributed by atoms with Gasteiger partial charge in [0.15, 0.2) is 0 Å². The zero-order valence-corrected chi connectivity index (χ0v) is 19.0. The Hall–Kier alpha value is 0.400. The van der Waals surface area contributed by atoms with E-state index in [4.69, 9.17) is 9.42 Å². The van der Waals surface area contributed by atoms with Gasteiger partial charge in [-0.05, 0) is 0 Å². The van der Waals surface area contributed by atoms with E-state index in [1.54, 1.807) is 0 Å².